The van der Waals surface area contributed by atoms with E-state index in [-0.39, 0.29) is 11.5 Å². The van der Waals surface area contributed by atoms with E-state index >= 15 is 0 Å². The number of ketones is 1. The smallest absolute Gasteiger partial charge is 0.162 e. The van der Waals surface area contributed by atoms with Crippen LogP contribution in [0.15, 0.2) is 24.3 Å². The van der Waals surface area contributed by atoms with Gasteiger partial charge in [0.2, 0.25) is 0 Å². The first-order chi connectivity index (χ1) is 7.09. The lowest BCUT2D eigenvalue weighted by molar-refractivity contribution is 0.0978. The quantitative estimate of drug-likeness (QED) is 0.750. The number of hydrogen-bond donors (Lipinski definition) is 1. The molecule has 1 N–H and O–H groups in total. The van der Waals surface area contributed by atoms with Gasteiger partial charge in [0.1, 0.15) is 5.75 Å². The summed E-state index contributed by atoms with van der Waals surface area (Å²) in [6.07, 6.45) is 2.63. The first-order valence-corrected chi connectivity index (χ1v) is 5.42. The molecule has 1 aromatic carbocycles. The Balaban J connectivity index is 2.43. The summed E-state index contributed by atoms with van der Waals surface area (Å²) in [5.41, 5.74) is 0.691. The zero-order chi connectivity index (χ0) is 11.3. The molecule has 15 heavy (non-hydrogen) atoms. The fourth-order valence-electron chi connectivity index (χ4n) is 1.46. The average molecular weight is 206 g/mol. The third kappa shape index (κ3) is 4.15. The fraction of sp³-hybridized carbons (Fsp3) is 0.462. The molecule has 0 bridgehead atoms. The second-order valence-electron chi connectivity index (χ2n) is 4.26. The molecule has 0 atom stereocenters. The van der Waals surface area contributed by atoms with Crippen LogP contribution in [0.5, 0.6) is 5.75 Å². The normalized spacial score (nSPS) is 10.6. The highest BCUT2D eigenvalue weighted by atomic mass is 16.3. The number of hydrogen-bond acceptors (Lipinski definition) is 2. The summed E-state index contributed by atoms with van der Waals surface area (Å²) in [4.78, 5) is 11.7. The van der Waals surface area contributed by atoms with Crippen molar-refractivity contribution >= 4 is 5.78 Å². The van der Waals surface area contributed by atoms with Gasteiger partial charge in [-0.25, -0.2) is 0 Å². The number of carbonyl (C=O) groups is 1. The highest BCUT2D eigenvalue weighted by Crippen LogP contribution is 2.14. The topological polar surface area (TPSA) is 37.3 Å². The molecule has 0 aromatic heterocycles. The number of Topliss-reactive ketones (excluding diaryl/α,β-unsaturated/α-hetero) is 1. The molecule has 0 spiro atoms. The van der Waals surface area contributed by atoms with E-state index < -0.39 is 0 Å². The van der Waals surface area contributed by atoms with Crippen molar-refractivity contribution in [3.8, 4) is 5.75 Å². The first-order valence-electron chi connectivity index (χ1n) is 5.42. The van der Waals surface area contributed by atoms with E-state index in [2.05, 4.69) is 13.8 Å². The van der Waals surface area contributed by atoms with Crippen LogP contribution >= 0.6 is 0 Å². The molecule has 0 saturated heterocycles. The van der Waals surface area contributed by atoms with Gasteiger partial charge in [-0.05, 0) is 36.6 Å². The van der Waals surface area contributed by atoms with Gasteiger partial charge in [0.15, 0.2) is 5.78 Å². The van der Waals surface area contributed by atoms with Gasteiger partial charge in [0.25, 0.3) is 0 Å². The molecule has 0 aliphatic carbocycles. The van der Waals surface area contributed by atoms with Gasteiger partial charge in [-0.3, -0.25) is 4.79 Å². The summed E-state index contributed by atoms with van der Waals surface area (Å²) >= 11 is 0. The minimum Gasteiger partial charge on any atom is -0.508 e. The number of rotatable bonds is 5. The SMILES string of the molecule is CC(C)CCCC(=O)c1ccc(O)cc1. The van der Waals surface area contributed by atoms with Crippen LogP contribution in [0.4, 0.5) is 0 Å². The maximum Gasteiger partial charge on any atom is 0.162 e. The van der Waals surface area contributed by atoms with Gasteiger partial charge in [-0.2, -0.15) is 0 Å². The molecule has 2 nitrogen and oxygen atoms in total. The number of carbonyl (C=O) groups excluding carboxylic acids is 1. The Hall–Kier alpha value is -1.31. The maximum atomic E-state index is 11.7. The van der Waals surface area contributed by atoms with Crippen LogP contribution in [-0.2, 0) is 0 Å². The Morgan fingerprint density at radius 2 is 1.87 bits per heavy atom. The molecular formula is C13H18O2. The summed E-state index contributed by atoms with van der Waals surface area (Å²) in [6.45, 7) is 4.32. The lowest BCUT2D eigenvalue weighted by Gasteiger charge is -2.04. The van der Waals surface area contributed by atoms with E-state index in [0.29, 0.717) is 17.9 Å². The average Bonchev–Trinajstić information content (AvgIpc) is 2.18. The van der Waals surface area contributed by atoms with Crippen LogP contribution in [0.1, 0.15) is 43.5 Å². The van der Waals surface area contributed by atoms with Gasteiger partial charge >= 0.3 is 0 Å². The van der Waals surface area contributed by atoms with Gasteiger partial charge in [-0.15, -0.1) is 0 Å². The summed E-state index contributed by atoms with van der Waals surface area (Å²) in [5, 5.41) is 9.08. The third-order valence-electron chi connectivity index (χ3n) is 2.37. The predicted molar refractivity (Wildman–Crippen MR) is 61.1 cm³/mol. The van der Waals surface area contributed by atoms with E-state index in [9.17, 15) is 4.79 Å². The molecule has 82 valence electrons. The Bertz CT molecular complexity index is 312. The van der Waals surface area contributed by atoms with Crippen molar-refractivity contribution in [1.29, 1.82) is 0 Å². The zero-order valence-electron chi connectivity index (χ0n) is 9.36. The number of benzene rings is 1. The Labute approximate surface area is 90.9 Å². The second-order valence-corrected chi connectivity index (χ2v) is 4.26. The Morgan fingerprint density at radius 3 is 2.40 bits per heavy atom. The van der Waals surface area contributed by atoms with Crippen LogP contribution in [0, 0.1) is 5.92 Å². The summed E-state index contributed by atoms with van der Waals surface area (Å²) in [6, 6.07) is 6.45. The highest BCUT2D eigenvalue weighted by Gasteiger charge is 2.05. The molecule has 1 rings (SSSR count). The molecule has 0 fully saturated rings. The second kappa shape index (κ2) is 5.54. The molecule has 0 amide bonds. The van der Waals surface area contributed by atoms with Crippen molar-refractivity contribution in [3.63, 3.8) is 0 Å². The lowest BCUT2D eigenvalue weighted by atomic mass is 10.0. The van der Waals surface area contributed by atoms with Crippen molar-refractivity contribution in [3.05, 3.63) is 29.8 Å². The third-order valence-corrected chi connectivity index (χ3v) is 2.37. The van der Waals surface area contributed by atoms with Crippen molar-refractivity contribution in [2.45, 2.75) is 33.1 Å². The van der Waals surface area contributed by atoms with Crippen molar-refractivity contribution in [1.82, 2.24) is 0 Å². The minimum absolute atomic E-state index is 0.163. The van der Waals surface area contributed by atoms with E-state index in [1.54, 1.807) is 24.3 Å². The molecule has 0 aliphatic heterocycles. The van der Waals surface area contributed by atoms with Crippen LogP contribution in [0.2, 0.25) is 0 Å². The van der Waals surface area contributed by atoms with Crippen LogP contribution in [0.25, 0.3) is 0 Å². The van der Waals surface area contributed by atoms with Crippen molar-refractivity contribution in [2.75, 3.05) is 0 Å². The summed E-state index contributed by atoms with van der Waals surface area (Å²) in [5.74, 6) is 1.02. The maximum absolute atomic E-state index is 11.7. The molecule has 0 heterocycles. The largest absolute Gasteiger partial charge is 0.508 e. The number of phenolic OH excluding ortho intramolecular Hbond substituents is 1. The first kappa shape index (κ1) is 11.8. The molecular weight excluding hydrogens is 188 g/mol. The van der Waals surface area contributed by atoms with Crippen LogP contribution < -0.4 is 0 Å². The van der Waals surface area contributed by atoms with Crippen molar-refractivity contribution < 1.29 is 9.90 Å². The number of aromatic hydroxyl groups is 1. The van der Waals surface area contributed by atoms with Crippen molar-refractivity contribution in [2.24, 2.45) is 5.92 Å². The van der Waals surface area contributed by atoms with Crippen LogP contribution in [0.3, 0.4) is 0 Å². The van der Waals surface area contributed by atoms with Gasteiger partial charge < -0.3 is 5.11 Å². The summed E-state index contributed by atoms with van der Waals surface area (Å²) < 4.78 is 0. The van der Waals surface area contributed by atoms with Crippen LogP contribution in [-0.4, -0.2) is 10.9 Å². The Morgan fingerprint density at radius 1 is 1.27 bits per heavy atom. The van der Waals surface area contributed by atoms with E-state index in [1.807, 2.05) is 0 Å². The van der Waals surface area contributed by atoms with E-state index in [0.717, 1.165) is 12.8 Å². The fourth-order valence-corrected chi connectivity index (χ4v) is 1.46. The van der Waals surface area contributed by atoms with Gasteiger partial charge in [0, 0.05) is 12.0 Å². The molecule has 0 aliphatic rings. The highest BCUT2D eigenvalue weighted by molar-refractivity contribution is 5.96. The molecule has 0 unspecified atom stereocenters. The van der Waals surface area contributed by atoms with E-state index in [1.165, 1.54) is 0 Å². The zero-order valence-corrected chi connectivity index (χ0v) is 9.36. The summed E-state index contributed by atoms with van der Waals surface area (Å²) in [7, 11) is 0. The monoisotopic (exact) mass is 206 g/mol. The number of phenols is 1. The molecule has 0 radical (unpaired) electrons. The van der Waals surface area contributed by atoms with E-state index in [4.69, 9.17) is 5.11 Å². The standard InChI is InChI=1S/C13H18O2/c1-10(2)4-3-5-13(15)11-6-8-12(14)9-7-11/h6-10,14H,3-5H2,1-2H3. The molecule has 1 aromatic rings. The van der Waals surface area contributed by atoms with Gasteiger partial charge in [-0.1, -0.05) is 20.3 Å². The molecule has 2 heteroatoms. The predicted octanol–water partition coefficient (Wildman–Crippen LogP) is 3.40. The Kier molecular flexibility index (Phi) is 4.35. The minimum atomic E-state index is 0.163. The molecule has 0 saturated carbocycles. The van der Waals surface area contributed by atoms with Gasteiger partial charge in [0.05, 0.1) is 0 Å². The lowest BCUT2D eigenvalue weighted by Crippen LogP contribution is -1.99.